The molecule has 2 aromatic rings. The van der Waals surface area contributed by atoms with Crippen molar-refractivity contribution in [3.05, 3.63) is 35.8 Å². The fraction of sp³-hybridized carbons (Fsp3) is 0.417. The Hall–Kier alpha value is -1.91. The highest BCUT2D eigenvalue weighted by molar-refractivity contribution is 5.96. The lowest BCUT2D eigenvalue weighted by molar-refractivity contribution is 0.0988. The number of hydrogen-bond donors (Lipinski definition) is 0. The average molecular weight is 233 g/mol. The van der Waals surface area contributed by atoms with Crippen LogP contribution in [0.25, 0.3) is 0 Å². The maximum atomic E-state index is 11.9. The van der Waals surface area contributed by atoms with Crippen molar-refractivity contribution in [2.75, 3.05) is 0 Å². The second-order valence-corrected chi connectivity index (χ2v) is 3.95. The van der Waals surface area contributed by atoms with Crippen molar-refractivity contribution in [1.82, 2.24) is 14.8 Å². The van der Waals surface area contributed by atoms with Crippen LogP contribution < -0.4 is 0 Å². The van der Waals surface area contributed by atoms with Gasteiger partial charge in [0.15, 0.2) is 5.78 Å². The largest absolute Gasteiger partial charge is 0.469 e. The van der Waals surface area contributed by atoms with Crippen LogP contribution >= 0.6 is 0 Å². The molecule has 0 bridgehead atoms. The van der Waals surface area contributed by atoms with Crippen molar-refractivity contribution in [2.24, 2.45) is 0 Å². The summed E-state index contributed by atoms with van der Waals surface area (Å²) in [7, 11) is 0. The molecule has 2 aromatic heterocycles. The molecule has 2 heterocycles. The Bertz CT molecular complexity index is 513. The van der Waals surface area contributed by atoms with Gasteiger partial charge in [-0.3, -0.25) is 4.79 Å². The van der Waals surface area contributed by atoms with Gasteiger partial charge in [0.25, 0.3) is 0 Å². The maximum absolute atomic E-state index is 11.9. The van der Waals surface area contributed by atoms with E-state index in [0.717, 1.165) is 18.7 Å². The molecule has 0 saturated carbocycles. The predicted molar refractivity (Wildman–Crippen MR) is 61.8 cm³/mol. The predicted octanol–water partition coefficient (Wildman–Crippen LogP) is 2.01. The minimum absolute atomic E-state index is 0.00667. The summed E-state index contributed by atoms with van der Waals surface area (Å²) in [5.74, 6) is 1.45. The zero-order valence-corrected chi connectivity index (χ0v) is 10.0. The first-order valence-electron chi connectivity index (χ1n) is 5.65. The van der Waals surface area contributed by atoms with E-state index in [1.165, 1.54) is 12.6 Å². The van der Waals surface area contributed by atoms with Gasteiger partial charge in [0.2, 0.25) is 0 Å². The van der Waals surface area contributed by atoms with Crippen LogP contribution in [0, 0.1) is 6.92 Å². The summed E-state index contributed by atoms with van der Waals surface area (Å²) in [4.78, 5) is 16.0. The Morgan fingerprint density at radius 2 is 2.35 bits per heavy atom. The normalized spacial score (nSPS) is 10.7. The van der Waals surface area contributed by atoms with E-state index in [1.54, 1.807) is 10.7 Å². The van der Waals surface area contributed by atoms with Gasteiger partial charge in [-0.05, 0) is 19.4 Å². The molecular weight excluding hydrogens is 218 g/mol. The maximum Gasteiger partial charge on any atom is 0.173 e. The quantitative estimate of drug-likeness (QED) is 0.741. The molecular formula is C12H15N3O2. The fourth-order valence-corrected chi connectivity index (χ4v) is 1.66. The number of Topliss-reactive ketones (excluding diaryl/α,β-unsaturated/α-hetero) is 1. The number of ketones is 1. The molecule has 90 valence electrons. The van der Waals surface area contributed by atoms with E-state index in [0.29, 0.717) is 11.4 Å². The number of furan rings is 1. The third-order valence-electron chi connectivity index (χ3n) is 2.50. The van der Waals surface area contributed by atoms with E-state index >= 15 is 0 Å². The van der Waals surface area contributed by atoms with Gasteiger partial charge in [-0.15, -0.1) is 0 Å². The standard InChI is InChI=1S/C12H15N3O2/c1-3-4-15-12(13-8-14-15)6-11(16)10-5-9(2)17-7-10/h5,7-8H,3-4,6H2,1-2H3. The lowest BCUT2D eigenvalue weighted by atomic mass is 10.1. The van der Waals surface area contributed by atoms with Gasteiger partial charge in [0.05, 0.1) is 12.0 Å². The molecule has 0 unspecified atom stereocenters. The zero-order valence-electron chi connectivity index (χ0n) is 10.0. The van der Waals surface area contributed by atoms with E-state index < -0.39 is 0 Å². The molecule has 5 nitrogen and oxygen atoms in total. The van der Waals surface area contributed by atoms with Crippen molar-refractivity contribution in [3.63, 3.8) is 0 Å². The Morgan fingerprint density at radius 3 is 3.00 bits per heavy atom. The average Bonchev–Trinajstić information content (AvgIpc) is 2.89. The molecule has 0 aliphatic rings. The number of carbonyl (C=O) groups is 1. The van der Waals surface area contributed by atoms with Crippen LogP contribution in [0.1, 0.15) is 35.3 Å². The molecule has 0 saturated heterocycles. The summed E-state index contributed by atoms with van der Waals surface area (Å²) in [6, 6.07) is 1.74. The highest BCUT2D eigenvalue weighted by Gasteiger charge is 2.13. The van der Waals surface area contributed by atoms with E-state index in [9.17, 15) is 4.79 Å². The minimum atomic E-state index is 0.00667. The monoisotopic (exact) mass is 233 g/mol. The molecule has 0 aliphatic heterocycles. The Balaban J connectivity index is 2.10. The van der Waals surface area contributed by atoms with Gasteiger partial charge in [0, 0.05) is 6.54 Å². The molecule has 17 heavy (non-hydrogen) atoms. The van der Waals surface area contributed by atoms with Crippen molar-refractivity contribution in [2.45, 2.75) is 33.2 Å². The number of rotatable bonds is 5. The van der Waals surface area contributed by atoms with Crippen LogP contribution in [0.15, 0.2) is 23.1 Å². The summed E-state index contributed by atoms with van der Waals surface area (Å²) in [6.07, 6.45) is 4.20. The number of aromatic nitrogens is 3. The second kappa shape index (κ2) is 4.95. The SMILES string of the molecule is CCCn1ncnc1CC(=O)c1coc(C)c1. The van der Waals surface area contributed by atoms with Gasteiger partial charge in [-0.2, -0.15) is 5.10 Å². The number of hydrogen-bond acceptors (Lipinski definition) is 4. The molecule has 0 atom stereocenters. The zero-order chi connectivity index (χ0) is 12.3. The van der Waals surface area contributed by atoms with Crippen LogP contribution in [0.3, 0.4) is 0 Å². The van der Waals surface area contributed by atoms with E-state index in [2.05, 4.69) is 17.0 Å². The minimum Gasteiger partial charge on any atom is -0.469 e. The van der Waals surface area contributed by atoms with Gasteiger partial charge >= 0.3 is 0 Å². The Morgan fingerprint density at radius 1 is 1.53 bits per heavy atom. The summed E-state index contributed by atoms with van der Waals surface area (Å²) in [5.41, 5.74) is 0.591. The number of carbonyl (C=O) groups excluding carboxylic acids is 1. The molecule has 2 rings (SSSR count). The fourth-order valence-electron chi connectivity index (χ4n) is 1.66. The molecule has 0 amide bonds. The lowest BCUT2D eigenvalue weighted by Gasteiger charge is -2.02. The molecule has 0 spiro atoms. The number of aryl methyl sites for hydroxylation is 2. The molecule has 0 radical (unpaired) electrons. The van der Waals surface area contributed by atoms with Gasteiger partial charge in [0.1, 0.15) is 24.2 Å². The smallest absolute Gasteiger partial charge is 0.173 e. The van der Waals surface area contributed by atoms with E-state index in [4.69, 9.17) is 4.42 Å². The van der Waals surface area contributed by atoms with Crippen LogP contribution in [0.5, 0.6) is 0 Å². The third-order valence-corrected chi connectivity index (χ3v) is 2.50. The molecule has 0 fully saturated rings. The van der Waals surface area contributed by atoms with Gasteiger partial charge in [-0.25, -0.2) is 9.67 Å². The first-order chi connectivity index (χ1) is 8.20. The van der Waals surface area contributed by atoms with Crippen LogP contribution in [0.4, 0.5) is 0 Å². The summed E-state index contributed by atoms with van der Waals surface area (Å²) in [5, 5.41) is 4.09. The third kappa shape index (κ3) is 2.61. The highest BCUT2D eigenvalue weighted by atomic mass is 16.3. The van der Waals surface area contributed by atoms with Crippen LogP contribution in [-0.2, 0) is 13.0 Å². The first kappa shape index (κ1) is 11.6. The van der Waals surface area contributed by atoms with Crippen LogP contribution in [0.2, 0.25) is 0 Å². The van der Waals surface area contributed by atoms with Crippen molar-refractivity contribution >= 4 is 5.78 Å². The molecule has 0 N–H and O–H groups in total. The van der Waals surface area contributed by atoms with Gasteiger partial charge in [-0.1, -0.05) is 6.92 Å². The molecule has 0 aliphatic carbocycles. The van der Waals surface area contributed by atoms with Crippen molar-refractivity contribution in [3.8, 4) is 0 Å². The van der Waals surface area contributed by atoms with Crippen molar-refractivity contribution < 1.29 is 9.21 Å². The van der Waals surface area contributed by atoms with Crippen LogP contribution in [-0.4, -0.2) is 20.5 Å². The van der Waals surface area contributed by atoms with Crippen molar-refractivity contribution in [1.29, 1.82) is 0 Å². The summed E-state index contributed by atoms with van der Waals surface area (Å²) < 4.78 is 6.89. The molecule has 0 aromatic carbocycles. The second-order valence-electron chi connectivity index (χ2n) is 3.95. The van der Waals surface area contributed by atoms with E-state index in [1.807, 2.05) is 6.92 Å². The Labute approximate surface area is 99.5 Å². The Kier molecular flexibility index (Phi) is 3.37. The van der Waals surface area contributed by atoms with Gasteiger partial charge < -0.3 is 4.42 Å². The summed E-state index contributed by atoms with van der Waals surface area (Å²) >= 11 is 0. The lowest BCUT2D eigenvalue weighted by Crippen LogP contribution is -2.11. The summed E-state index contributed by atoms with van der Waals surface area (Å²) in [6.45, 7) is 4.66. The number of nitrogens with zero attached hydrogens (tertiary/aromatic N) is 3. The topological polar surface area (TPSA) is 60.9 Å². The highest BCUT2D eigenvalue weighted by Crippen LogP contribution is 2.10. The van der Waals surface area contributed by atoms with E-state index in [-0.39, 0.29) is 12.2 Å². The molecule has 5 heteroatoms. The first-order valence-corrected chi connectivity index (χ1v) is 5.65.